The van der Waals surface area contributed by atoms with Crippen LogP contribution >= 0.6 is 34.4 Å². The average Bonchev–Trinajstić information content (AvgIpc) is 3.12. The second-order valence-electron chi connectivity index (χ2n) is 8.26. The van der Waals surface area contributed by atoms with E-state index in [4.69, 9.17) is 9.47 Å². The fraction of sp³-hybridized carbons (Fsp3) is 0.179. The maximum absolute atomic E-state index is 12.9. The molecule has 1 aliphatic heterocycles. The summed E-state index contributed by atoms with van der Waals surface area (Å²) in [6, 6.07) is 18.3. The molecule has 0 bridgehead atoms. The van der Waals surface area contributed by atoms with Crippen molar-refractivity contribution in [3.05, 3.63) is 91.4 Å². The first-order chi connectivity index (χ1) is 17.7. The van der Waals surface area contributed by atoms with Gasteiger partial charge in [0.2, 0.25) is 0 Å². The topological polar surface area (TPSA) is 88.4 Å². The fourth-order valence-corrected chi connectivity index (χ4v) is 5.30. The summed E-state index contributed by atoms with van der Waals surface area (Å²) in [5.74, 6) is 0.0488. The minimum absolute atomic E-state index is 0.136. The molecular formula is C28H25IN2O5S. The van der Waals surface area contributed by atoms with Gasteiger partial charge in [-0.3, -0.25) is 9.69 Å². The van der Waals surface area contributed by atoms with Gasteiger partial charge in [0.15, 0.2) is 16.7 Å². The quantitative estimate of drug-likeness (QED) is 0.226. The highest BCUT2D eigenvalue weighted by Crippen LogP contribution is 2.38. The summed E-state index contributed by atoms with van der Waals surface area (Å²) in [6.07, 6.45) is 1.80. The molecule has 0 aromatic heterocycles. The van der Waals surface area contributed by atoms with Crippen molar-refractivity contribution in [2.24, 2.45) is 4.99 Å². The molecule has 0 radical (unpaired) electrons. The SMILES string of the molecule is CCOc1cc(/C=C2\SC(=Nc3cccc(C(=O)O)c3)N(C)C2=O)cc(I)c1OCc1ccc(C)cc1. The third-order valence-corrected chi connectivity index (χ3v) is 7.32. The number of amides is 1. The Balaban J connectivity index is 1.59. The van der Waals surface area contributed by atoms with E-state index in [9.17, 15) is 14.7 Å². The summed E-state index contributed by atoms with van der Waals surface area (Å²) in [7, 11) is 1.65. The predicted octanol–water partition coefficient (Wildman–Crippen LogP) is 6.51. The smallest absolute Gasteiger partial charge is 0.335 e. The third kappa shape index (κ3) is 6.53. The predicted molar refractivity (Wildman–Crippen MR) is 155 cm³/mol. The number of likely N-dealkylation sites (N-methyl/N-ethyl adjacent to an activating group) is 1. The van der Waals surface area contributed by atoms with Crippen molar-refractivity contribution in [2.75, 3.05) is 13.7 Å². The minimum atomic E-state index is -1.03. The largest absolute Gasteiger partial charge is 0.490 e. The number of hydrogen-bond acceptors (Lipinski definition) is 6. The van der Waals surface area contributed by atoms with E-state index < -0.39 is 5.97 Å². The van der Waals surface area contributed by atoms with Crippen LogP contribution < -0.4 is 9.47 Å². The Kier molecular flexibility index (Phi) is 8.55. The maximum atomic E-state index is 12.9. The van der Waals surface area contributed by atoms with Crippen LogP contribution in [0, 0.1) is 10.5 Å². The summed E-state index contributed by atoms with van der Waals surface area (Å²) in [5, 5.41) is 9.70. The molecule has 190 valence electrons. The molecule has 0 aliphatic carbocycles. The van der Waals surface area contributed by atoms with Gasteiger partial charge in [-0.05, 0) is 95.7 Å². The van der Waals surface area contributed by atoms with Gasteiger partial charge in [0, 0.05) is 7.05 Å². The monoisotopic (exact) mass is 628 g/mol. The number of aromatic carboxylic acids is 1. The van der Waals surface area contributed by atoms with E-state index in [1.165, 1.54) is 34.4 Å². The molecule has 3 aromatic carbocycles. The van der Waals surface area contributed by atoms with Crippen molar-refractivity contribution in [1.29, 1.82) is 0 Å². The summed E-state index contributed by atoms with van der Waals surface area (Å²) < 4.78 is 12.9. The Morgan fingerprint density at radius 2 is 1.89 bits per heavy atom. The lowest BCUT2D eigenvalue weighted by Crippen LogP contribution is -2.23. The first-order valence-corrected chi connectivity index (χ1v) is 13.4. The van der Waals surface area contributed by atoms with Crippen LogP contribution in [0.2, 0.25) is 0 Å². The van der Waals surface area contributed by atoms with E-state index in [0.717, 1.165) is 14.7 Å². The van der Waals surface area contributed by atoms with Crippen molar-refractivity contribution in [3.63, 3.8) is 0 Å². The van der Waals surface area contributed by atoms with Crippen molar-refractivity contribution >= 4 is 63.2 Å². The number of nitrogens with zero attached hydrogens (tertiary/aromatic N) is 2. The second-order valence-corrected chi connectivity index (χ2v) is 10.4. The number of hydrogen-bond donors (Lipinski definition) is 1. The zero-order valence-corrected chi connectivity index (χ0v) is 23.5. The first-order valence-electron chi connectivity index (χ1n) is 11.5. The number of ether oxygens (including phenoxy) is 2. The molecule has 4 rings (SSSR count). The number of rotatable bonds is 8. The van der Waals surface area contributed by atoms with E-state index in [1.54, 1.807) is 25.3 Å². The Morgan fingerprint density at radius 1 is 1.14 bits per heavy atom. The van der Waals surface area contributed by atoms with Gasteiger partial charge in [0.1, 0.15) is 6.61 Å². The number of carbonyl (C=O) groups is 2. The van der Waals surface area contributed by atoms with Crippen LogP contribution in [0.25, 0.3) is 6.08 Å². The molecule has 1 amide bonds. The van der Waals surface area contributed by atoms with Crippen LogP contribution in [-0.2, 0) is 11.4 Å². The zero-order chi connectivity index (χ0) is 26.5. The Morgan fingerprint density at radius 3 is 2.59 bits per heavy atom. The molecule has 1 N–H and O–H groups in total. The number of carboxylic acids is 1. The van der Waals surface area contributed by atoms with Gasteiger partial charge in [-0.2, -0.15) is 0 Å². The fourth-order valence-electron chi connectivity index (χ4n) is 3.54. The van der Waals surface area contributed by atoms with Gasteiger partial charge >= 0.3 is 5.97 Å². The molecule has 0 atom stereocenters. The first kappa shape index (κ1) is 26.7. The Hall–Kier alpha value is -3.31. The van der Waals surface area contributed by atoms with Crippen LogP contribution in [0.5, 0.6) is 11.5 Å². The number of amidine groups is 1. The van der Waals surface area contributed by atoms with Gasteiger partial charge in [-0.25, -0.2) is 9.79 Å². The minimum Gasteiger partial charge on any atom is -0.490 e. The lowest BCUT2D eigenvalue weighted by molar-refractivity contribution is -0.121. The van der Waals surface area contributed by atoms with Crippen LogP contribution in [0.1, 0.15) is 34.0 Å². The number of benzene rings is 3. The molecule has 37 heavy (non-hydrogen) atoms. The number of carbonyl (C=O) groups excluding carboxylic acids is 1. The molecule has 1 fully saturated rings. The average molecular weight is 628 g/mol. The molecule has 1 heterocycles. The van der Waals surface area contributed by atoms with E-state index >= 15 is 0 Å². The van der Waals surface area contributed by atoms with Crippen molar-refractivity contribution in [3.8, 4) is 11.5 Å². The van der Waals surface area contributed by atoms with Gasteiger partial charge in [0.05, 0.1) is 26.3 Å². The van der Waals surface area contributed by atoms with Crippen molar-refractivity contribution < 1.29 is 24.2 Å². The molecular weight excluding hydrogens is 603 g/mol. The Bertz CT molecular complexity index is 1400. The molecule has 1 saturated heterocycles. The normalized spacial score (nSPS) is 15.5. The zero-order valence-electron chi connectivity index (χ0n) is 20.5. The van der Waals surface area contributed by atoms with Gasteiger partial charge in [0.25, 0.3) is 5.91 Å². The van der Waals surface area contributed by atoms with E-state index in [2.05, 4.69) is 39.7 Å². The maximum Gasteiger partial charge on any atom is 0.335 e. The molecule has 0 spiro atoms. The standard InChI is InChI=1S/C28H25IN2O5S/c1-4-35-23-13-19(12-22(29)25(23)36-16-18-10-8-17(2)9-11-18)14-24-26(32)31(3)28(37-24)30-21-7-5-6-20(15-21)27(33)34/h5-15H,4,16H2,1-3H3,(H,33,34)/b24-14-,30-28?. The highest BCUT2D eigenvalue weighted by atomic mass is 127. The van der Waals surface area contributed by atoms with E-state index in [1.807, 2.05) is 38.1 Å². The van der Waals surface area contributed by atoms with E-state index in [-0.39, 0.29) is 11.5 Å². The summed E-state index contributed by atoms with van der Waals surface area (Å²) in [5.41, 5.74) is 3.65. The molecule has 0 unspecified atom stereocenters. The van der Waals surface area contributed by atoms with Crippen LogP contribution in [0.4, 0.5) is 5.69 Å². The van der Waals surface area contributed by atoms with Crippen molar-refractivity contribution in [2.45, 2.75) is 20.5 Å². The highest BCUT2D eigenvalue weighted by Gasteiger charge is 2.30. The van der Waals surface area contributed by atoms with Crippen LogP contribution in [0.3, 0.4) is 0 Å². The van der Waals surface area contributed by atoms with Crippen molar-refractivity contribution in [1.82, 2.24) is 4.90 Å². The summed E-state index contributed by atoms with van der Waals surface area (Å²) >= 11 is 3.45. The lowest BCUT2D eigenvalue weighted by Gasteiger charge is -2.15. The number of aliphatic imine (C=N–C) groups is 1. The number of carboxylic acid groups (broad SMARTS) is 1. The van der Waals surface area contributed by atoms with E-state index in [0.29, 0.717) is 40.5 Å². The van der Waals surface area contributed by atoms with Gasteiger partial charge < -0.3 is 14.6 Å². The molecule has 3 aromatic rings. The second kappa shape index (κ2) is 11.8. The number of thioether (sulfide) groups is 1. The van der Waals surface area contributed by atoms with Crippen LogP contribution in [-0.4, -0.2) is 40.7 Å². The summed E-state index contributed by atoms with van der Waals surface area (Å²) in [4.78, 5) is 30.7. The Labute approximate surface area is 233 Å². The van der Waals surface area contributed by atoms with Crippen LogP contribution in [0.15, 0.2) is 70.6 Å². The van der Waals surface area contributed by atoms with Gasteiger partial charge in [-0.15, -0.1) is 0 Å². The molecule has 9 heteroatoms. The molecule has 1 aliphatic rings. The third-order valence-electron chi connectivity index (χ3n) is 5.45. The lowest BCUT2D eigenvalue weighted by atomic mass is 10.1. The molecule has 0 saturated carbocycles. The highest BCUT2D eigenvalue weighted by molar-refractivity contribution is 14.1. The van der Waals surface area contributed by atoms with Gasteiger partial charge in [-0.1, -0.05) is 35.9 Å². The summed E-state index contributed by atoms with van der Waals surface area (Å²) in [6.45, 7) is 4.85. The number of halogens is 1. The number of aryl methyl sites for hydroxylation is 1. The molecule has 7 nitrogen and oxygen atoms in total.